The van der Waals surface area contributed by atoms with E-state index >= 15 is 0 Å². The summed E-state index contributed by atoms with van der Waals surface area (Å²) in [6.45, 7) is 3.90. The fraction of sp³-hybridized carbons (Fsp3) is 0.387. The molecular weight excluding hydrogens is 476 g/mol. The molecule has 5 rings (SSSR count). The number of likely N-dealkylation sites (tertiary alicyclic amines) is 1. The highest BCUT2D eigenvalue weighted by atomic mass is 16.2. The van der Waals surface area contributed by atoms with E-state index in [1.165, 1.54) is 5.56 Å². The normalized spacial score (nSPS) is 18.8. The number of anilines is 1. The Morgan fingerprint density at radius 3 is 2.47 bits per heavy atom. The molecule has 3 atom stereocenters. The molecule has 0 unspecified atom stereocenters. The lowest BCUT2D eigenvalue weighted by Crippen LogP contribution is -2.55. The highest BCUT2D eigenvalue weighted by molar-refractivity contribution is 5.97. The number of amides is 3. The van der Waals surface area contributed by atoms with Crippen molar-refractivity contribution >= 4 is 17.6 Å². The summed E-state index contributed by atoms with van der Waals surface area (Å²) in [7, 11) is 0. The number of carbonyl (C=O) groups excluding carboxylic acids is 2. The van der Waals surface area contributed by atoms with Crippen LogP contribution in [0.2, 0.25) is 0 Å². The van der Waals surface area contributed by atoms with Crippen molar-refractivity contribution in [3.05, 3.63) is 100.0 Å². The Labute approximate surface area is 223 Å². The fourth-order valence-corrected chi connectivity index (χ4v) is 5.73. The second kappa shape index (κ2) is 11.7. The molecule has 3 heterocycles. The highest BCUT2D eigenvalue weighted by Crippen LogP contribution is 2.35. The van der Waals surface area contributed by atoms with E-state index < -0.39 is 6.04 Å². The minimum absolute atomic E-state index is 0.0214. The third-order valence-corrected chi connectivity index (χ3v) is 7.70. The Hall–Kier alpha value is -3.87. The van der Waals surface area contributed by atoms with Crippen LogP contribution in [0.15, 0.2) is 77.6 Å². The van der Waals surface area contributed by atoms with E-state index in [2.05, 4.69) is 17.6 Å². The minimum atomic E-state index is -0.721. The van der Waals surface area contributed by atoms with Crippen LogP contribution in [0.3, 0.4) is 0 Å². The number of nitrogens with zero attached hydrogens (tertiary/aromatic N) is 2. The average Bonchev–Trinajstić information content (AvgIpc) is 2.93. The lowest BCUT2D eigenvalue weighted by molar-refractivity contribution is -0.118. The van der Waals surface area contributed by atoms with Gasteiger partial charge in [-0.25, -0.2) is 4.79 Å². The average molecular weight is 513 g/mol. The largest absolute Gasteiger partial charge is 0.326 e. The molecule has 7 heteroatoms. The lowest BCUT2D eigenvalue weighted by atomic mass is 9.83. The maximum absolute atomic E-state index is 13.5. The Bertz CT molecular complexity index is 1320. The number of aromatic nitrogens is 1. The number of unbranched alkanes of at least 4 members (excludes halogenated alkanes) is 1. The number of benzene rings is 2. The van der Waals surface area contributed by atoms with E-state index in [-0.39, 0.29) is 29.3 Å². The molecule has 1 saturated heterocycles. The van der Waals surface area contributed by atoms with Crippen molar-refractivity contribution in [3.63, 3.8) is 0 Å². The molecule has 3 aromatic rings. The van der Waals surface area contributed by atoms with Crippen molar-refractivity contribution in [1.29, 1.82) is 0 Å². The van der Waals surface area contributed by atoms with Gasteiger partial charge in [0.05, 0.1) is 0 Å². The predicted molar refractivity (Wildman–Crippen MR) is 149 cm³/mol. The van der Waals surface area contributed by atoms with Crippen molar-refractivity contribution in [3.8, 4) is 0 Å². The van der Waals surface area contributed by atoms with Gasteiger partial charge in [-0.2, -0.15) is 0 Å². The first-order chi connectivity index (χ1) is 18.5. The molecule has 198 valence electrons. The fourth-order valence-electron chi connectivity index (χ4n) is 5.73. The second-order valence-electron chi connectivity index (χ2n) is 10.6. The van der Waals surface area contributed by atoms with Crippen LogP contribution in [-0.2, 0) is 24.2 Å². The molecule has 2 N–H and O–H groups in total. The van der Waals surface area contributed by atoms with Crippen LogP contribution in [0.4, 0.5) is 10.5 Å². The van der Waals surface area contributed by atoms with E-state index in [1.807, 2.05) is 70.1 Å². The van der Waals surface area contributed by atoms with Crippen molar-refractivity contribution < 1.29 is 9.59 Å². The summed E-state index contributed by atoms with van der Waals surface area (Å²) in [6, 6.07) is 22.1. The topological polar surface area (TPSA) is 83.4 Å². The zero-order chi connectivity index (χ0) is 26.5. The van der Waals surface area contributed by atoms with E-state index in [1.54, 1.807) is 12.1 Å². The Morgan fingerprint density at radius 1 is 0.921 bits per heavy atom. The van der Waals surface area contributed by atoms with Gasteiger partial charge in [0.25, 0.3) is 5.56 Å². The smallest absolute Gasteiger partial charge is 0.318 e. The van der Waals surface area contributed by atoms with Gasteiger partial charge < -0.3 is 20.1 Å². The third kappa shape index (κ3) is 5.98. The molecule has 38 heavy (non-hydrogen) atoms. The molecule has 0 aliphatic carbocycles. The molecule has 0 spiro atoms. The molecule has 0 saturated carbocycles. The van der Waals surface area contributed by atoms with Gasteiger partial charge in [-0.15, -0.1) is 0 Å². The summed E-state index contributed by atoms with van der Waals surface area (Å²) in [5.74, 6) is 0.104. The SMILES string of the molecule is CCCCc1ccc(NC(=O)[C@H](Cc2ccccc2)NC(=O)N2C[C@H]3C[C@@H](C2)c2cccc(=O)n2C3)cc1. The summed E-state index contributed by atoms with van der Waals surface area (Å²) in [6.07, 6.45) is 4.66. The molecule has 0 radical (unpaired) electrons. The number of carbonyl (C=O) groups is 2. The summed E-state index contributed by atoms with van der Waals surface area (Å²) in [4.78, 5) is 41.0. The second-order valence-corrected chi connectivity index (χ2v) is 10.6. The van der Waals surface area contributed by atoms with Crippen LogP contribution in [0.5, 0.6) is 0 Å². The van der Waals surface area contributed by atoms with Crippen LogP contribution in [-0.4, -0.2) is 40.5 Å². The van der Waals surface area contributed by atoms with Crippen molar-refractivity contribution in [1.82, 2.24) is 14.8 Å². The summed E-state index contributed by atoms with van der Waals surface area (Å²) in [5.41, 5.74) is 3.96. The molecule has 2 aliphatic heterocycles. The van der Waals surface area contributed by atoms with E-state index in [0.717, 1.165) is 42.6 Å². The van der Waals surface area contributed by atoms with Gasteiger partial charge in [-0.1, -0.05) is 61.9 Å². The van der Waals surface area contributed by atoms with Gasteiger partial charge in [0.1, 0.15) is 6.04 Å². The van der Waals surface area contributed by atoms with Gasteiger partial charge in [0, 0.05) is 49.4 Å². The number of hydrogen-bond acceptors (Lipinski definition) is 3. The van der Waals surface area contributed by atoms with Gasteiger partial charge in [-0.05, 0) is 54.5 Å². The molecule has 3 amide bonds. The summed E-state index contributed by atoms with van der Waals surface area (Å²) >= 11 is 0. The number of rotatable bonds is 8. The Balaban J connectivity index is 1.29. The molecular formula is C31H36N4O3. The van der Waals surface area contributed by atoms with Gasteiger partial charge in [0.15, 0.2) is 0 Å². The summed E-state index contributed by atoms with van der Waals surface area (Å²) < 4.78 is 1.85. The van der Waals surface area contributed by atoms with Crippen molar-refractivity contribution in [2.75, 3.05) is 18.4 Å². The number of aryl methyl sites for hydroxylation is 1. The minimum Gasteiger partial charge on any atom is -0.326 e. The van der Waals surface area contributed by atoms with E-state index in [0.29, 0.717) is 26.1 Å². The molecule has 7 nitrogen and oxygen atoms in total. The number of hydrogen-bond donors (Lipinski definition) is 2. The monoisotopic (exact) mass is 512 g/mol. The van der Waals surface area contributed by atoms with Crippen LogP contribution in [0.1, 0.15) is 48.9 Å². The molecule has 2 aromatic carbocycles. The number of fused-ring (bicyclic) bond motifs is 4. The summed E-state index contributed by atoms with van der Waals surface area (Å²) in [5, 5.41) is 6.03. The zero-order valence-electron chi connectivity index (χ0n) is 21.9. The highest BCUT2D eigenvalue weighted by Gasteiger charge is 2.37. The van der Waals surface area contributed by atoms with Crippen LogP contribution in [0.25, 0.3) is 0 Å². The van der Waals surface area contributed by atoms with Gasteiger partial charge >= 0.3 is 6.03 Å². The molecule has 1 aromatic heterocycles. The Kier molecular flexibility index (Phi) is 7.91. The number of piperidine rings is 1. The van der Waals surface area contributed by atoms with Gasteiger partial charge in [0.2, 0.25) is 5.91 Å². The molecule has 2 aliphatic rings. The maximum atomic E-state index is 13.5. The van der Waals surface area contributed by atoms with E-state index in [4.69, 9.17) is 0 Å². The molecule has 1 fully saturated rings. The van der Waals surface area contributed by atoms with Crippen LogP contribution < -0.4 is 16.2 Å². The Morgan fingerprint density at radius 2 is 1.71 bits per heavy atom. The maximum Gasteiger partial charge on any atom is 0.318 e. The number of nitrogens with one attached hydrogen (secondary N) is 2. The zero-order valence-corrected chi connectivity index (χ0v) is 21.9. The first kappa shape index (κ1) is 25.8. The molecule has 2 bridgehead atoms. The van der Waals surface area contributed by atoms with Crippen LogP contribution in [0, 0.1) is 5.92 Å². The van der Waals surface area contributed by atoms with Crippen molar-refractivity contribution in [2.24, 2.45) is 5.92 Å². The van der Waals surface area contributed by atoms with Gasteiger partial charge in [-0.3, -0.25) is 9.59 Å². The first-order valence-corrected chi connectivity index (χ1v) is 13.7. The van der Waals surface area contributed by atoms with Crippen LogP contribution >= 0.6 is 0 Å². The standard InChI is InChI=1S/C31H36N4O3/c1-2-3-8-22-13-15-26(16-14-22)32-30(37)27(18-23-9-5-4-6-10-23)33-31(38)34-19-24-17-25(21-34)28-11-7-12-29(36)35(28)20-24/h4-7,9-16,24-25,27H,2-3,8,17-21H2,1H3,(H,32,37)(H,33,38)/t24-,25+,27+/m1/s1. The van der Waals surface area contributed by atoms with Crippen molar-refractivity contribution in [2.45, 2.75) is 57.5 Å². The quantitative estimate of drug-likeness (QED) is 0.464. The number of pyridine rings is 1. The first-order valence-electron chi connectivity index (χ1n) is 13.7. The predicted octanol–water partition coefficient (Wildman–Crippen LogP) is 4.57. The lowest BCUT2D eigenvalue weighted by Gasteiger charge is -2.43. The van der Waals surface area contributed by atoms with E-state index in [9.17, 15) is 14.4 Å². The third-order valence-electron chi connectivity index (χ3n) is 7.70. The number of urea groups is 1.